The van der Waals surface area contributed by atoms with Crippen LogP contribution in [-0.2, 0) is 21.7 Å². The van der Waals surface area contributed by atoms with Crippen LogP contribution in [0.5, 0.6) is 0 Å². The van der Waals surface area contributed by atoms with E-state index >= 15 is 0 Å². The number of carbonyl (C=O) groups excluding carboxylic acids is 2. The zero-order chi connectivity index (χ0) is 40.4. The molecule has 1 aromatic carbocycles. The lowest BCUT2D eigenvalue weighted by Gasteiger charge is -2.40. The molecule has 1 unspecified atom stereocenters. The predicted octanol–water partition coefficient (Wildman–Crippen LogP) is 3.78. The second-order valence-electron chi connectivity index (χ2n) is 15.8. The highest BCUT2D eigenvalue weighted by molar-refractivity contribution is 6.01. The van der Waals surface area contributed by atoms with E-state index in [1.165, 1.54) is 10.9 Å². The van der Waals surface area contributed by atoms with Gasteiger partial charge in [0.15, 0.2) is 11.5 Å². The predicted molar refractivity (Wildman–Crippen MR) is 224 cm³/mol. The van der Waals surface area contributed by atoms with Crippen molar-refractivity contribution in [3.63, 3.8) is 0 Å². The van der Waals surface area contributed by atoms with E-state index in [2.05, 4.69) is 64.3 Å². The highest BCUT2D eigenvalue weighted by Crippen LogP contribution is 2.27. The van der Waals surface area contributed by atoms with Gasteiger partial charge in [0.2, 0.25) is 17.8 Å². The Bertz CT molecular complexity index is 2340. The molecular weight excluding hydrogens is 737 g/mol. The Morgan fingerprint density at radius 2 is 1.62 bits per heavy atom. The molecule has 3 saturated heterocycles. The first-order valence-electron chi connectivity index (χ1n) is 20.0. The molecule has 1 atom stereocenters. The number of piperidine rings is 2. The minimum Gasteiger partial charge on any atom is -0.384 e. The van der Waals surface area contributed by atoms with Gasteiger partial charge in [-0.15, -0.1) is 6.58 Å². The Kier molecular flexibility index (Phi) is 10.9. The van der Waals surface area contributed by atoms with Crippen LogP contribution in [0.2, 0.25) is 0 Å². The number of benzene rings is 1. The fraction of sp³-hybridized carbons (Fsp3) is 0.405. The fourth-order valence-corrected chi connectivity index (χ4v) is 7.96. The molecule has 3 fully saturated rings. The van der Waals surface area contributed by atoms with E-state index in [1.807, 2.05) is 24.3 Å². The highest BCUT2D eigenvalue weighted by atomic mass is 16.3. The Morgan fingerprint density at radius 3 is 2.31 bits per heavy atom. The first kappa shape index (κ1) is 38.7. The number of pyridine rings is 2. The Balaban J connectivity index is 0.832. The SMILES string of the molecule is C=CCn1c(=O)c2cnc(Nc3ccc(N4CCN(CC5CCN(c6ccc(NC7CCC(=O)NC7=O)cn6)CC5)CC4)cc3)nc2n1-c1cccc(C(C)(C)O)n1. The third kappa shape index (κ3) is 8.43. The smallest absolute Gasteiger partial charge is 0.278 e. The van der Waals surface area contributed by atoms with Gasteiger partial charge in [-0.1, -0.05) is 12.1 Å². The molecule has 0 spiro atoms. The number of amides is 2. The molecular formula is C42H50N12O4. The maximum Gasteiger partial charge on any atom is 0.278 e. The van der Waals surface area contributed by atoms with Crippen molar-refractivity contribution in [2.24, 2.45) is 5.92 Å². The van der Waals surface area contributed by atoms with Crippen molar-refractivity contribution in [1.29, 1.82) is 0 Å². The molecule has 8 rings (SSSR count). The Labute approximate surface area is 336 Å². The lowest BCUT2D eigenvalue weighted by molar-refractivity contribution is -0.133. The van der Waals surface area contributed by atoms with Gasteiger partial charge in [-0.05, 0) is 87.6 Å². The van der Waals surface area contributed by atoms with Crippen LogP contribution in [0.1, 0.15) is 45.2 Å². The van der Waals surface area contributed by atoms with Crippen molar-refractivity contribution in [2.75, 3.05) is 66.2 Å². The molecule has 0 bridgehead atoms. The number of nitrogens with one attached hydrogen (secondary N) is 3. The van der Waals surface area contributed by atoms with Crippen molar-refractivity contribution in [3.05, 3.63) is 95.7 Å². The van der Waals surface area contributed by atoms with Crippen LogP contribution in [-0.4, -0.2) is 103 Å². The van der Waals surface area contributed by atoms with Gasteiger partial charge in [0, 0.05) is 69.8 Å². The number of carbonyl (C=O) groups is 2. The van der Waals surface area contributed by atoms with Crippen LogP contribution >= 0.6 is 0 Å². The number of piperazine rings is 1. The maximum absolute atomic E-state index is 13.4. The lowest BCUT2D eigenvalue weighted by atomic mass is 9.96. The van der Waals surface area contributed by atoms with Crippen molar-refractivity contribution >= 4 is 51.7 Å². The van der Waals surface area contributed by atoms with E-state index in [0.29, 0.717) is 47.3 Å². The van der Waals surface area contributed by atoms with Gasteiger partial charge in [-0.25, -0.2) is 24.3 Å². The minimum atomic E-state index is -1.17. The number of hydrogen-bond donors (Lipinski definition) is 4. The molecule has 302 valence electrons. The summed E-state index contributed by atoms with van der Waals surface area (Å²) in [7, 11) is 0. The molecule has 0 saturated carbocycles. The topological polar surface area (TPSA) is 179 Å². The zero-order valence-electron chi connectivity index (χ0n) is 33.0. The van der Waals surface area contributed by atoms with Gasteiger partial charge in [0.05, 0.1) is 24.1 Å². The summed E-state index contributed by atoms with van der Waals surface area (Å²) in [4.78, 5) is 62.8. The molecule has 3 aliphatic heterocycles. The van der Waals surface area contributed by atoms with Crippen LogP contribution in [0.25, 0.3) is 16.9 Å². The van der Waals surface area contributed by atoms with E-state index in [-0.39, 0.29) is 23.9 Å². The van der Waals surface area contributed by atoms with Crippen molar-refractivity contribution < 1.29 is 14.7 Å². The Hall–Kier alpha value is -6.13. The molecule has 4 N–H and O–H groups in total. The molecule has 58 heavy (non-hydrogen) atoms. The number of allylic oxidation sites excluding steroid dienone is 1. The summed E-state index contributed by atoms with van der Waals surface area (Å²) in [6.07, 6.45) is 8.01. The van der Waals surface area contributed by atoms with Crippen molar-refractivity contribution in [2.45, 2.75) is 57.7 Å². The monoisotopic (exact) mass is 786 g/mol. The number of aromatic nitrogens is 6. The zero-order valence-corrected chi connectivity index (χ0v) is 33.0. The molecule has 3 aliphatic rings. The molecule has 0 radical (unpaired) electrons. The van der Waals surface area contributed by atoms with E-state index in [9.17, 15) is 19.5 Å². The maximum atomic E-state index is 13.4. The molecule has 2 amide bonds. The number of fused-ring (bicyclic) bond motifs is 1. The molecule has 0 aliphatic carbocycles. The van der Waals surface area contributed by atoms with Gasteiger partial charge in [-0.2, -0.15) is 4.98 Å². The number of rotatable bonds is 12. The van der Waals surface area contributed by atoms with Gasteiger partial charge < -0.3 is 25.5 Å². The number of hydrogen-bond acceptors (Lipinski definition) is 13. The lowest BCUT2D eigenvalue weighted by Crippen LogP contribution is -2.49. The van der Waals surface area contributed by atoms with Crippen LogP contribution in [0.3, 0.4) is 0 Å². The third-order valence-electron chi connectivity index (χ3n) is 11.2. The van der Waals surface area contributed by atoms with E-state index in [4.69, 9.17) is 4.98 Å². The summed E-state index contributed by atoms with van der Waals surface area (Å²) in [5.41, 5.74) is 2.21. The number of anilines is 5. The van der Waals surface area contributed by atoms with E-state index < -0.39 is 11.6 Å². The normalized spacial score (nSPS) is 18.4. The van der Waals surface area contributed by atoms with Gasteiger partial charge in [0.25, 0.3) is 5.56 Å². The average molecular weight is 787 g/mol. The van der Waals surface area contributed by atoms with Gasteiger partial charge in [0.1, 0.15) is 22.8 Å². The molecule has 16 heteroatoms. The largest absolute Gasteiger partial charge is 0.384 e. The molecule has 16 nitrogen and oxygen atoms in total. The molecule has 7 heterocycles. The standard InChI is InChI=1S/C42H50N12O4/c1-4-18-53-40(57)32-26-44-41(49-38(32)54(53)36-7-5-6-34(47-36)42(2,3)58)46-29-8-11-31(12-9-29)51-23-21-50(22-24-51)27-28-16-19-52(20-17-28)35-14-10-30(25-43-35)45-33-13-15-37(55)48-39(33)56/h4-12,14,25-26,28,33,45,58H,1,13,15-24,27H2,2-3H3,(H,44,46,49)(H,48,55,56). The first-order chi connectivity index (χ1) is 28.0. The number of nitrogens with zero attached hydrogens (tertiary/aromatic N) is 9. The molecule has 4 aromatic heterocycles. The van der Waals surface area contributed by atoms with Crippen LogP contribution in [0, 0.1) is 5.92 Å². The van der Waals surface area contributed by atoms with Gasteiger partial charge >= 0.3 is 0 Å². The molecule has 5 aromatic rings. The summed E-state index contributed by atoms with van der Waals surface area (Å²) in [5, 5.41) is 19.8. The second-order valence-corrected chi connectivity index (χ2v) is 15.8. The number of aliphatic hydroxyl groups is 1. The van der Waals surface area contributed by atoms with E-state index in [0.717, 1.165) is 81.5 Å². The highest BCUT2D eigenvalue weighted by Gasteiger charge is 2.28. The van der Waals surface area contributed by atoms with Crippen molar-refractivity contribution in [1.82, 2.24) is 39.5 Å². The minimum absolute atomic E-state index is 0.221. The summed E-state index contributed by atoms with van der Waals surface area (Å²) < 4.78 is 3.16. The van der Waals surface area contributed by atoms with Crippen LogP contribution in [0.15, 0.2) is 84.4 Å². The van der Waals surface area contributed by atoms with Gasteiger partial charge in [-0.3, -0.25) is 24.6 Å². The summed E-state index contributed by atoms with van der Waals surface area (Å²) in [5.74, 6) is 1.88. The van der Waals surface area contributed by atoms with Crippen LogP contribution in [0.4, 0.5) is 28.8 Å². The third-order valence-corrected chi connectivity index (χ3v) is 11.2. The van der Waals surface area contributed by atoms with E-state index in [1.54, 1.807) is 49.0 Å². The first-order valence-corrected chi connectivity index (χ1v) is 20.0. The quantitative estimate of drug-likeness (QED) is 0.106. The summed E-state index contributed by atoms with van der Waals surface area (Å²) >= 11 is 0. The number of imide groups is 1. The Morgan fingerprint density at radius 1 is 0.862 bits per heavy atom. The fourth-order valence-electron chi connectivity index (χ4n) is 7.96. The summed E-state index contributed by atoms with van der Waals surface area (Å²) in [6.45, 7) is 14.4. The summed E-state index contributed by atoms with van der Waals surface area (Å²) in [6, 6.07) is 17.1. The van der Waals surface area contributed by atoms with Crippen molar-refractivity contribution in [3.8, 4) is 5.82 Å². The average Bonchev–Trinajstić information content (AvgIpc) is 3.49. The second kappa shape index (κ2) is 16.4. The van der Waals surface area contributed by atoms with Crippen LogP contribution < -0.4 is 31.3 Å².